The van der Waals surface area contributed by atoms with E-state index in [1.807, 2.05) is 18.2 Å². The van der Waals surface area contributed by atoms with Crippen LogP contribution in [0.25, 0.3) is 16.7 Å². The monoisotopic (exact) mass is 370 g/mol. The molecule has 1 amide bonds. The van der Waals surface area contributed by atoms with Crippen LogP contribution in [0.1, 0.15) is 12.5 Å². The third kappa shape index (κ3) is 2.93. The summed E-state index contributed by atoms with van der Waals surface area (Å²) >= 11 is 6.45. The second-order valence-corrected chi connectivity index (χ2v) is 6.85. The Morgan fingerprint density at radius 1 is 1.15 bits per heavy atom. The fraction of sp³-hybridized carbons (Fsp3) is 0.250. The molecule has 2 aliphatic heterocycles. The first-order chi connectivity index (χ1) is 12.5. The predicted molar refractivity (Wildman–Crippen MR) is 104 cm³/mol. The second kappa shape index (κ2) is 6.67. The number of fused-ring (bicyclic) bond motifs is 1. The van der Waals surface area contributed by atoms with Crippen LogP contribution < -0.4 is 10.2 Å². The summed E-state index contributed by atoms with van der Waals surface area (Å²) in [6.45, 7) is 4.77. The Morgan fingerprint density at radius 2 is 1.85 bits per heavy atom. The summed E-state index contributed by atoms with van der Waals surface area (Å²) in [6, 6.07) is 11.8. The molecule has 0 bridgehead atoms. The predicted octanol–water partition coefficient (Wildman–Crippen LogP) is 4.08. The summed E-state index contributed by atoms with van der Waals surface area (Å²) < 4.78 is 5.39. The summed E-state index contributed by atoms with van der Waals surface area (Å²) in [6.07, 6.45) is 0. The lowest BCUT2D eigenvalue weighted by Crippen LogP contribution is -2.36. The molecule has 2 aromatic carbocycles. The first-order valence-corrected chi connectivity index (χ1v) is 8.90. The van der Waals surface area contributed by atoms with Crippen molar-refractivity contribution in [1.29, 1.82) is 0 Å². The molecule has 0 unspecified atom stereocenters. The summed E-state index contributed by atoms with van der Waals surface area (Å²) in [4.78, 5) is 14.4. The number of benzene rings is 2. The number of halogens is 1. The molecule has 1 fully saturated rings. The van der Waals surface area contributed by atoms with Gasteiger partial charge in [-0.15, -0.1) is 0 Å². The number of rotatable bonds is 2. The topological polar surface area (TPSA) is 61.8 Å². The number of ether oxygens (including phenoxy) is 1. The van der Waals surface area contributed by atoms with Crippen LogP contribution in [-0.2, 0) is 9.53 Å². The summed E-state index contributed by atoms with van der Waals surface area (Å²) in [5.74, 6) is -0.312. The molecule has 2 heterocycles. The van der Waals surface area contributed by atoms with E-state index in [0.717, 1.165) is 43.1 Å². The van der Waals surface area contributed by atoms with Gasteiger partial charge in [-0.2, -0.15) is 0 Å². The lowest BCUT2D eigenvalue weighted by atomic mass is 9.98. The zero-order valence-electron chi connectivity index (χ0n) is 14.4. The van der Waals surface area contributed by atoms with Gasteiger partial charge in [-0.05, 0) is 36.8 Å². The molecule has 0 aliphatic carbocycles. The Labute approximate surface area is 156 Å². The molecule has 0 radical (unpaired) electrons. The van der Waals surface area contributed by atoms with Crippen molar-refractivity contribution in [2.75, 3.05) is 36.5 Å². The number of amides is 1. The Bertz CT molecular complexity index is 896. The van der Waals surface area contributed by atoms with Gasteiger partial charge >= 0.3 is 0 Å². The Hall–Kier alpha value is -2.50. The van der Waals surface area contributed by atoms with Crippen LogP contribution in [0.15, 0.2) is 42.2 Å². The van der Waals surface area contributed by atoms with Crippen LogP contribution in [0.4, 0.5) is 11.4 Å². The Kier molecular flexibility index (Phi) is 4.34. The minimum atomic E-state index is -0.309. The maximum Gasteiger partial charge on any atom is 0.259 e. The maximum absolute atomic E-state index is 12.1. The molecular formula is C20H19ClN2O3. The van der Waals surface area contributed by atoms with E-state index in [9.17, 15) is 9.90 Å². The van der Waals surface area contributed by atoms with Gasteiger partial charge in [-0.25, -0.2) is 0 Å². The van der Waals surface area contributed by atoms with Crippen molar-refractivity contribution in [3.8, 4) is 11.1 Å². The molecule has 0 aromatic heterocycles. The van der Waals surface area contributed by atoms with Gasteiger partial charge in [-0.1, -0.05) is 23.7 Å². The first-order valence-electron chi connectivity index (χ1n) is 8.53. The van der Waals surface area contributed by atoms with E-state index >= 15 is 0 Å². The van der Waals surface area contributed by atoms with E-state index < -0.39 is 0 Å². The van der Waals surface area contributed by atoms with E-state index in [0.29, 0.717) is 21.8 Å². The molecule has 2 N–H and O–H groups in total. The van der Waals surface area contributed by atoms with Crippen molar-refractivity contribution in [3.63, 3.8) is 0 Å². The van der Waals surface area contributed by atoms with Gasteiger partial charge in [0.1, 0.15) is 5.76 Å². The van der Waals surface area contributed by atoms with E-state index in [-0.39, 0.29) is 11.7 Å². The summed E-state index contributed by atoms with van der Waals surface area (Å²) in [5.41, 5.74) is 4.53. The van der Waals surface area contributed by atoms with E-state index in [1.54, 1.807) is 6.07 Å². The van der Waals surface area contributed by atoms with Crippen molar-refractivity contribution in [1.82, 2.24) is 0 Å². The van der Waals surface area contributed by atoms with Gasteiger partial charge in [0.2, 0.25) is 0 Å². The van der Waals surface area contributed by atoms with E-state index in [4.69, 9.17) is 16.3 Å². The molecule has 1 saturated heterocycles. The van der Waals surface area contributed by atoms with Crippen LogP contribution in [-0.4, -0.2) is 37.3 Å². The third-order valence-corrected chi connectivity index (χ3v) is 5.08. The van der Waals surface area contributed by atoms with Gasteiger partial charge in [0, 0.05) is 29.9 Å². The standard InChI is InChI=1S/C20H19ClN2O3/c1-12(24)19-16-10-15(17(21)11-18(16)22-20(19)25)13-2-4-14(5-3-13)23-6-8-26-9-7-23/h2-5,10-11,24H,6-9H2,1H3,(H,22,25)/b19-12+. The minimum Gasteiger partial charge on any atom is -0.512 e. The summed E-state index contributed by atoms with van der Waals surface area (Å²) in [7, 11) is 0. The fourth-order valence-electron chi connectivity index (χ4n) is 3.44. The van der Waals surface area contributed by atoms with E-state index in [2.05, 4.69) is 22.3 Å². The second-order valence-electron chi connectivity index (χ2n) is 6.44. The molecule has 2 aromatic rings. The quantitative estimate of drug-likeness (QED) is 0.617. The number of morpholine rings is 1. The van der Waals surface area contributed by atoms with Gasteiger partial charge in [0.15, 0.2) is 0 Å². The molecule has 4 rings (SSSR count). The van der Waals surface area contributed by atoms with Crippen molar-refractivity contribution in [2.45, 2.75) is 6.92 Å². The van der Waals surface area contributed by atoms with Crippen LogP contribution in [0, 0.1) is 0 Å². The normalized spacial score (nSPS) is 18.5. The van der Waals surface area contributed by atoms with Crippen molar-refractivity contribution in [3.05, 3.63) is 52.7 Å². The molecule has 0 atom stereocenters. The molecule has 26 heavy (non-hydrogen) atoms. The number of nitrogens with zero attached hydrogens (tertiary/aromatic N) is 1. The number of hydrogen-bond acceptors (Lipinski definition) is 4. The van der Waals surface area contributed by atoms with Gasteiger partial charge in [0.05, 0.1) is 29.5 Å². The molecule has 5 nitrogen and oxygen atoms in total. The number of nitrogens with one attached hydrogen (secondary N) is 1. The zero-order valence-corrected chi connectivity index (χ0v) is 15.1. The van der Waals surface area contributed by atoms with Crippen LogP contribution >= 0.6 is 11.6 Å². The number of aliphatic hydroxyl groups excluding tert-OH is 1. The summed E-state index contributed by atoms with van der Waals surface area (Å²) in [5, 5.41) is 13.1. The lowest BCUT2D eigenvalue weighted by Gasteiger charge is -2.29. The maximum atomic E-state index is 12.1. The van der Waals surface area contributed by atoms with Crippen molar-refractivity contribution in [2.24, 2.45) is 0 Å². The zero-order chi connectivity index (χ0) is 18.3. The number of hydrogen-bond donors (Lipinski definition) is 2. The van der Waals surface area contributed by atoms with Gasteiger partial charge in [-0.3, -0.25) is 4.79 Å². The number of carbonyl (C=O) groups is 1. The lowest BCUT2D eigenvalue weighted by molar-refractivity contribution is -0.110. The minimum absolute atomic E-state index is 0.00260. The van der Waals surface area contributed by atoms with Crippen molar-refractivity contribution >= 4 is 34.5 Å². The van der Waals surface area contributed by atoms with Gasteiger partial charge < -0.3 is 20.1 Å². The van der Waals surface area contributed by atoms with Crippen LogP contribution in [0.5, 0.6) is 0 Å². The average Bonchev–Trinajstić information content (AvgIpc) is 2.96. The number of allylic oxidation sites excluding steroid dienone is 1. The molecule has 0 spiro atoms. The highest BCUT2D eigenvalue weighted by Gasteiger charge is 2.28. The largest absolute Gasteiger partial charge is 0.512 e. The average molecular weight is 371 g/mol. The third-order valence-electron chi connectivity index (χ3n) is 4.77. The highest BCUT2D eigenvalue weighted by atomic mass is 35.5. The highest BCUT2D eigenvalue weighted by Crippen LogP contribution is 2.40. The van der Waals surface area contributed by atoms with Crippen LogP contribution in [0.3, 0.4) is 0 Å². The van der Waals surface area contributed by atoms with Crippen molar-refractivity contribution < 1.29 is 14.6 Å². The Morgan fingerprint density at radius 3 is 2.50 bits per heavy atom. The Balaban J connectivity index is 1.70. The van der Waals surface area contributed by atoms with Crippen LogP contribution in [0.2, 0.25) is 5.02 Å². The molecule has 134 valence electrons. The van der Waals surface area contributed by atoms with Gasteiger partial charge in [0.25, 0.3) is 5.91 Å². The number of anilines is 2. The fourth-order valence-corrected chi connectivity index (χ4v) is 3.72. The first kappa shape index (κ1) is 16.9. The molecule has 6 heteroatoms. The molecular weight excluding hydrogens is 352 g/mol. The molecule has 2 aliphatic rings. The smallest absolute Gasteiger partial charge is 0.259 e. The molecule has 0 saturated carbocycles. The number of carbonyl (C=O) groups excluding carboxylic acids is 1. The number of aliphatic hydroxyl groups is 1. The highest BCUT2D eigenvalue weighted by molar-refractivity contribution is 6.36. The SMILES string of the molecule is C/C(O)=C1\C(=O)Nc2cc(Cl)c(-c3ccc(N4CCOCC4)cc3)cc21. The van der Waals surface area contributed by atoms with E-state index in [1.165, 1.54) is 6.92 Å².